The van der Waals surface area contributed by atoms with Crippen molar-refractivity contribution in [2.45, 2.75) is 0 Å². The summed E-state index contributed by atoms with van der Waals surface area (Å²) in [5.41, 5.74) is 0.738. The van der Waals surface area contributed by atoms with Crippen LogP contribution in [0, 0.1) is 0 Å². The van der Waals surface area contributed by atoms with E-state index in [1.165, 1.54) is 6.21 Å². The lowest BCUT2D eigenvalue weighted by Gasteiger charge is -2.12. The zero-order chi connectivity index (χ0) is 17.5. The highest BCUT2D eigenvalue weighted by atomic mass is 16.5. The fourth-order valence-electron chi connectivity index (χ4n) is 2.59. The van der Waals surface area contributed by atoms with E-state index in [1.54, 1.807) is 7.11 Å². The summed E-state index contributed by atoms with van der Waals surface area (Å²) in [6.45, 7) is 0.748. The second-order valence-electron chi connectivity index (χ2n) is 5.32. The van der Waals surface area contributed by atoms with Crippen molar-refractivity contribution in [2.75, 3.05) is 20.3 Å². The van der Waals surface area contributed by atoms with E-state index in [0.29, 0.717) is 19.0 Å². The molecule has 0 heterocycles. The number of oxime groups is 1. The molecule has 0 spiro atoms. The molecule has 0 atom stereocenters. The van der Waals surface area contributed by atoms with Gasteiger partial charge in [-0.3, -0.25) is 0 Å². The third-order valence-corrected chi connectivity index (χ3v) is 3.77. The molecule has 0 fully saturated rings. The highest BCUT2D eigenvalue weighted by Gasteiger charge is 2.07. The van der Waals surface area contributed by atoms with Gasteiger partial charge in [0.25, 0.3) is 0 Å². The van der Waals surface area contributed by atoms with Crippen LogP contribution in [0.4, 0.5) is 0 Å². The number of methoxy groups -OCH3 is 1. The molecule has 5 heteroatoms. The summed E-state index contributed by atoms with van der Waals surface area (Å²) in [6, 6.07) is 19.1. The van der Waals surface area contributed by atoms with Gasteiger partial charge in [-0.25, -0.2) is 0 Å². The molecule has 128 valence electrons. The molecule has 1 N–H and O–H groups in total. The largest absolute Gasteiger partial charge is 0.497 e. The van der Waals surface area contributed by atoms with Crippen molar-refractivity contribution in [1.82, 2.24) is 0 Å². The Morgan fingerprint density at radius 2 is 1.72 bits per heavy atom. The monoisotopic (exact) mass is 337 g/mol. The quantitative estimate of drug-likeness (QED) is 0.305. The van der Waals surface area contributed by atoms with E-state index in [0.717, 1.165) is 27.8 Å². The Morgan fingerprint density at radius 3 is 2.56 bits per heavy atom. The Balaban J connectivity index is 1.67. The van der Waals surface area contributed by atoms with Crippen LogP contribution in [0.3, 0.4) is 0 Å². The van der Waals surface area contributed by atoms with Crippen molar-refractivity contribution in [3.63, 3.8) is 0 Å². The van der Waals surface area contributed by atoms with Crippen molar-refractivity contribution >= 4 is 17.0 Å². The average Bonchev–Trinajstić information content (AvgIpc) is 2.67. The van der Waals surface area contributed by atoms with Crippen molar-refractivity contribution in [2.24, 2.45) is 5.16 Å². The van der Waals surface area contributed by atoms with E-state index < -0.39 is 0 Å². The summed E-state index contributed by atoms with van der Waals surface area (Å²) < 4.78 is 16.7. The average molecular weight is 337 g/mol. The van der Waals surface area contributed by atoms with Gasteiger partial charge < -0.3 is 19.4 Å². The lowest BCUT2D eigenvalue weighted by Crippen LogP contribution is -2.10. The third-order valence-electron chi connectivity index (χ3n) is 3.77. The van der Waals surface area contributed by atoms with Crippen LogP contribution in [-0.4, -0.2) is 31.7 Å². The summed E-state index contributed by atoms with van der Waals surface area (Å²) in [5, 5.41) is 14.1. The number of rotatable bonds is 7. The van der Waals surface area contributed by atoms with Crippen LogP contribution in [0.15, 0.2) is 65.8 Å². The summed E-state index contributed by atoms with van der Waals surface area (Å²) >= 11 is 0. The van der Waals surface area contributed by atoms with Gasteiger partial charge in [-0.2, -0.15) is 0 Å². The van der Waals surface area contributed by atoms with Crippen molar-refractivity contribution in [3.05, 3.63) is 66.2 Å². The fraction of sp³-hybridized carbons (Fsp3) is 0.150. The van der Waals surface area contributed by atoms with Crippen LogP contribution in [0.1, 0.15) is 5.56 Å². The molecule has 0 unspecified atom stereocenters. The van der Waals surface area contributed by atoms with Crippen LogP contribution < -0.4 is 14.2 Å². The van der Waals surface area contributed by atoms with E-state index >= 15 is 0 Å². The molecular weight excluding hydrogens is 318 g/mol. The van der Waals surface area contributed by atoms with E-state index in [1.807, 2.05) is 60.7 Å². The van der Waals surface area contributed by atoms with Gasteiger partial charge in [-0.15, -0.1) is 0 Å². The minimum atomic E-state index is 0.363. The molecule has 25 heavy (non-hydrogen) atoms. The molecular formula is C20H19NO4. The Hall–Kier alpha value is -3.21. The molecule has 0 bridgehead atoms. The lowest BCUT2D eigenvalue weighted by molar-refractivity contribution is 0.216. The molecule has 0 aliphatic carbocycles. The first-order valence-corrected chi connectivity index (χ1v) is 7.90. The van der Waals surface area contributed by atoms with Crippen molar-refractivity contribution in [1.29, 1.82) is 0 Å². The molecule has 0 aliphatic heterocycles. The SMILES string of the molecule is COc1cccc(OCCOc2ccc3ccccc3c2C=NO)c1. The Bertz CT molecular complexity index is 876. The second kappa shape index (κ2) is 8.06. The molecule has 0 aromatic heterocycles. The first-order valence-electron chi connectivity index (χ1n) is 7.90. The zero-order valence-corrected chi connectivity index (χ0v) is 13.9. The predicted octanol–water partition coefficient (Wildman–Crippen LogP) is 4.11. The van der Waals surface area contributed by atoms with Gasteiger partial charge in [-0.05, 0) is 29.0 Å². The Morgan fingerprint density at radius 1 is 0.920 bits per heavy atom. The number of hydrogen-bond acceptors (Lipinski definition) is 5. The van der Waals surface area contributed by atoms with Gasteiger partial charge in [-0.1, -0.05) is 41.6 Å². The van der Waals surface area contributed by atoms with Gasteiger partial charge in [0.2, 0.25) is 0 Å². The number of nitrogens with zero attached hydrogens (tertiary/aromatic N) is 1. The Kier molecular flexibility index (Phi) is 5.36. The highest BCUT2D eigenvalue weighted by Crippen LogP contribution is 2.27. The van der Waals surface area contributed by atoms with Crippen LogP contribution >= 0.6 is 0 Å². The van der Waals surface area contributed by atoms with Crippen LogP contribution in [-0.2, 0) is 0 Å². The van der Waals surface area contributed by atoms with Crippen LogP contribution in [0.2, 0.25) is 0 Å². The molecule has 0 saturated carbocycles. The number of ether oxygens (including phenoxy) is 3. The minimum absolute atomic E-state index is 0.363. The van der Waals surface area contributed by atoms with Gasteiger partial charge in [0.05, 0.1) is 13.3 Å². The van der Waals surface area contributed by atoms with Crippen LogP contribution in [0.25, 0.3) is 10.8 Å². The van der Waals surface area contributed by atoms with Gasteiger partial charge >= 0.3 is 0 Å². The van der Waals surface area contributed by atoms with Gasteiger partial charge in [0.1, 0.15) is 30.5 Å². The molecule has 0 radical (unpaired) electrons. The maximum Gasteiger partial charge on any atom is 0.129 e. The third kappa shape index (κ3) is 4.01. The maximum atomic E-state index is 8.95. The van der Waals surface area contributed by atoms with E-state index in [-0.39, 0.29) is 0 Å². The molecule has 3 aromatic carbocycles. The van der Waals surface area contributed by atoms with Crippen LogP contribution in [0.5, 0.6) is 17.2 Å². The van der Waals surface area contributed by atoms with E-state index in [9.17, 15) is 0 Å². The molecule has 3 rings (SSSR count). The van der Waals surface area contributed by atoms with Gasteiger partial charge in [0.15, 0.2) is 0 Å². The smallest absolute Gasteiger partial charge is 0.129 e. The predicted molar refractivity (Wildman–Crippen MR) is 97.3 cm³/mol. The summed E-state index contributed by atoms with van der Waals surface area (Å²) in [7, 11) is 1.62. The topological polar surface area (TPSA) is 60.3 Å². The van der Waals surface area contributed by atoms with Gasteiger partial charge in [0, 0.05) is 11.6 Å². The molecule has 3 aromatic rings. The van der Waals surface area contributed by atoms with Crippen molar-refractivity contribution < 1.29 is 19.4 Å². The summed E-state index contributed by atoms with van der Waals surface area (Å²) in [4.78, 5) is 0. The standard InChI is InChI=1S/C20H19NO4/c1-23-16-6-4-7-17(13-16)24-11-12-25-20-10-9-15-5-2-3-8-18(15)19(20)14-21-22/h2-10,13-14,22H,11-12H2,1H3. The first-order chi connectivity index (χ1) is 12.3. The van der Waals surface area contributed by atoms with E-state index in [2.05, 4.69) is 5.16 Å². The first kappa shape index (κ1) is 16.6. The molecule has 5 nitrogen and oxygen atoms in total. The normalized spacial score (nSPS) is 10.9. The molecule has 0 saturated heterocycles. The number of hydrogen-bond donors (Lipinski definition) is 1. The number of benzene rings is 3. The molecule has 0 aliphatic rings. The maximum absolute atomic E-state index is 8.95. The van der Waals surface area contributed by atoms with E-state index in [4.69, 9.17) is 19.4 Å². The Labute approximate surface area is 146 Å². The minimum Gasteiger partial charge on any atom is -0.497 e. The number of fused-ring (bicyclic) bond motifs is 1. The summed E-state index contributed by atoms with van der Waals surface area (Å²) in [6.07, 6.45) is 1.39. The lowest BCUT2D eigenvalue weighted by atomic mass is 10.0. The second-order valence-corrected chi connectivity index (χ2v) is 5.32. The molecule has 0 amide bonds. The fourth-order valence-corrected chi connectivity index (χ4v) is 2.59. The highest BCUT2D eigenvalue weighted by molar-refractivity contribution is 6.02. The summed E-state index contributed by atoms with van der Waals surface area (Å²) in [5.74, 6) is 2.11. The zero-order valence-electron chi connectivity index (χ0n) is 13.9. The van der Waals surface area contributed by atoms with Crippen molar-refractivity contribution in [3.8, 4) is 17.2 Å².